The third-order valence-corrected chi connectivity index (χ3v) is 11.0. The zero-order chi connectivity index (χ0) is 34.1. The van der Waals surface area contributed by atoms with Crippen molar-refractivity contribution in [1.82, 2.24) is 5.32 Å². The van der Waals surface area contributed by atoms with Crippen LogP contribution in [0, 0.1) is 11.8 Å². The number of aliphatic hydroxyl groups excluding tert-OH is 1. The van der Waals surface area contributed by atoms with Crippen LogP contribution >= 0.6 is 0 Å². The fourth-order valence-electron chi connectivity index (χ4n) is 8.13. The lowest BCUT2D eigenvalue weighted by atomic mass is 9.80. The highest BCUT2D eigenvalue weighted by molar-refractivity contribution is 5.96. The van der Waals surface area contributed by atoms with Gasteiger partial charge < -0.3 is 54.1 Å². The Morgan fingerprint density at radius 3 is 2.55 bits per heavy atom. The van der Waals surface area contributed by atoms with Gasteiger partial charge in [0.2, 0.25) is 0 Å². The Morgan fingerprint density at radius 1 is 1.00 bits per heavy atom. The topological polar surface area (TPSA) is 148 Å². The first-order chi connectivity index (χ1) is 23.9. The molecule has 3 saturated heterocycles. The second-order valence-corrected chi connectivity index (χ2v) is 14.2. The van der Waals surface area contributed by atoms with Gasteiger partial charge in [-0.15, -0.1) is 0 Å². The molecule has 2 aromatic rings. The van der Waals surface area contributed by atoms with Gasteiger partial charge in [-0.2, -0.15) is 0 Å². The number of hydrogen-bond donors (Lipinski definition) is 5. The van der Waals surface area contributed by atoms with Gasteiger partial charge in [-0.3, -0.25) is 4.79 Å². The van der Waals surface area contributed by atoms with E-state index in [4.69, 9.17) is 23.7 Å². The molecule has 4 heterocycles. The number of aliphatic hydroxyl groups is 2. The Hall–Kier alpha value is -2.81. The lowest BCUT2D eigenvalue weighted by Gasteiger charge is -2.52. The Labute approximate surface area is 289 Å². The summed E-state index contributed by atoms with van der Waals surface area (Å²) in [5.74, 6) is 0.816. The highest BCUT2D eigenvalue weighted by atomic mass is 16.7. The summed E-state index contributed by atoms with van der Waals surface area (Å²) in [6.07, 6.45) is 6.02. The van der Waals surface area contributed by atoms with Crippen LogP contribution in [-0.2, 0) is 29.3 Å². The molecule has 0 aromatic heterocycles. The van der Waals surface area contributed by atoms with E-state index in [2.05, 4.69) is 22.8 Å². The predicted octanol–water partition coefficient (Wildman–Crippen LogP) is 3.06. The zero-order valence-electron chi connectivity index (χ0n) is 28.5. The normalized spacial score (nSPS) is 25.4. The maximum absolute atomic E-state index is 12.0. The molecule has 2 bridgehead atoms. The number of rotatable bonds is 19. The van der Waals surface area contributed by atoms with Gasteiger partial charge in [-0.25, -0.2) is 0 Å². The number of nitrogens with one attached hydrogen (secondary N) is 2. The van der Waals surface area contributed by atoms with E-state index in [1.54, 1.807) is 0 Å². The van der Waals surface area contributed by atoms with Gasteiger partial charge in [0.05, 0.1) is 57.9 Å². The summed E-state index contributed by atoms with van der Waals surface area (Å²) in [7, 11) is 0. The fourth-order valence-corrected chi connectivity index (χ4v) is 8.13. The van der Waals surface area contributed by atoms with Crippen LogP contribution in [0.4, 0.5) is 5.69 Å². The lowest BCUT2D eigenvalue weighted by Crippen LogP contribution is -2.65. The zero-order valence-corrected chi connectivity index (χ0v) is 28.5. The molecule has 49 heavy (non-hydrogen) atoms. The van der Waals surface area contributed by atoms with Crippen molar-refractivity contribution in [3.63, 3.8) is 0 Å². The SMILES string of the molecule is O=C1COc2c(cc(O)cc2[C@@H](O)CNCCOCCOCOCC[N+]23CCC(CC2)[C@@H](OCC(O)(c2ccccc2)C2CCCC2)C3)N1. The van der Waals surface area contributed by atoms with Crippen LogP contribution in [0.2, 0.25) is 0 Å². The van der Waals surface area contributed by atoms with Crippen molar-refractivity contribution in [2.75, 3.05) is 91.0 Å². The lowest BCUT2D eigenvalue weighted by molar-refractivity contribution is -0.946. The summed E-state index contributed by atoms with van der Waals surface area (Å²) in [6, 6.07) is 13.0. The van der Waals surface area contributed by atoms with Gasteiger partial charge in [0, 0.05) is 43.5 Å². The number of fused-ring (bicyclic) bond motifs is 4. The van der Waals surface area contributed by atoms with Gasteiger partial charge in [0.1, 0.15) is 43.1 Å². The van der Waals surface area contributed by atoms with Crippen molar-refractivity contribution in [3.8, 4) is 11.5 Å². The molecule has 12 heteroatoms. The van der Waals surface area contributed by atoms with Crippen LogP contribution in [0.1, 0.15) is 55.8 Å². The smallest absolute Gasteiger partial charge is 0.262 e. The molecule has 1 saturated carbocycles. The minimum Gasteiger partial charge on any atom is -0.508 e. The number of hydrogen-bond acceptors (Lipinski definition) is 10. The van der Waals surface area contributed by atoms with Crippen molar-refractivity contribution in [3.05, 3.63) is 53.6 Å². The number of anilines is 1. The first-order valence-corrected chi connectivity index (χ1v) is 18.0. The van der Waals surface area contributed by atoms with Gasteiger partial charge in [0.25, 0.3) is 5.91 Å². The average molecular weight is 685 g/mol. The molecular weight excluding hydrogens is 630 g/mol. The van der Waals surface area contributed by atoms with E-state index in [1.165, 1.54) is 25.0 Å². The highest BCUT2D eigenvalue weighted by Crippen LogP contribution is 2.43. The van der Waals surface area contributed by atoms with E-state index in [1.807, 2.05) is 18.2 Å². The van der Waals surface area contributed by atoms with Crippen LogP contribution in [0.5, 0.6) is 11.5 Å². The monoisotopic (exact) mass is 684 g/mol. The minimum atomic E-state index is -0.933. The number of ether oxygens (including phenoxy) is 5. The summed E-state index contributed by atoms with van der Waals surface area (Å²) in [6.45, 7) is 7.33. The summed E-state index contributed by atoms with van der Waals surface area (Å²) in [4.78, 5) is 11.6. The van der Waals surface area contributed by atoms with Crippen LogP contribution in [0.3, 0.4) is 0 Å². The van der Waals surface area contributed by atoms with Crippen LogP contribution < -0.4 is 15.4 Å². The number of aromatic hydroxyl groups is 1. The molecule has 5 aliphatic rings. The summed E-state index contributed by atoms with van der Waals surface area (Å²) in [5.41, 5.74) is 0.811. The number of amides is 1. The standard InChI is InChI=1S/C37H53N3O9/c41-30-20-31(36-32(21-30)39-35(43)24-48-36)33(42)22-38-12-16-45-18-19-47-26-46-17-15-40-13-10-27(11-14-40)34(23-40)49-25-37(44,29-8-4-5-9-29)28-6-2-1-3-7-28/h1-3,6-7,20-21,27,29,33-34,38,42,44H,4-5,8-19,22-26H2,(H-,39,41,43)/p+1/t27?,33-,34-,37?,40?/m0/s1. The van der Waals surface area contributed by atoms with Crippen molar-refractivity contribution >= 4 is 11.6 Å². The summed E-state index contributed by atoms with van der Waals surface area (Å²) < 4.78 is 30.2. The predicted molar refractivity (Wildman–Crippen MR) is 182 cm³/mol. The van der Waals surface area contributed by atoms with Crippen molar-refractivity contribution in [2.24, 2.45) is 11.8 Å². The van der Waals surface area contributed by atoms with E-state index >= 15 is 0 Å². The molecule has 0 spiro atoms. The van der Waals surface area contributed by atoms with E-state index in [0.717, 1.165) is 61.9 Å². The van der Waals surface area contributed by atoms with Gasteiger partial charge >= 0.3 is 0 Å². The molecule has 1 aliphatic carbocycles. The number of phenolic OH excluding ortho intramolecular Hbond substituents is 1. The molecule has 2 aromatic carbocycles. The highest BCUT2D eigenvalue weighted by Gasteiger charge is 2.48. The Kier molecular flexibility index (Phi) is 12.4. The second kappa shape index (κ2) is 16.9. The third kappa shape index (κ3) is 9.11. The van der Waals surface area contributed by atoms with Crippen molar-refractivity contribution in [2.45, 2.75) is 56.3 Å². The quantitative estimate of drug-likeness (QED) is 0.0850. The van der Waals surface area contributed by atoms with Gasteiger partial charge in [-0.1, -0.05) is 43.2 Å². The summed E-state index contributed by atoms with van der Waals surface area (Å²) in [5, 5.41) is 38.3. The molecule has 4 fully saturated rings. The molecular formula is C37H54N3O9+. The van der Waals surface area contributed by atoms with Crippen LogP contribution in [0.25, 0.3) is 0 Å². The molecule has 5 N–H and O–H groups in total. The number of phenols is 1. The molecule has 7 rings (SSSR count). The maximum Gasteiger partial charge on any atom is 0.262 e. The van der Waals surface area contributed by atoms with Gasteiger partial charge in [0.15, 0.2) is 6.61 Å². The Bertz CT molecular complexity index is 1350. The number of benzene rings is 2. The Balaban J connectivity index is 0.829. The Morgan fingerprint density at radius 2 is 1.76 bits per heavy atom. The fraction of sp³-hybridized carbons (Fsp3) is 0.649. The summed E-state index contributed by atoms with van der Waals surface area (Å²) >= 11 is 0. The first-order valence-electron chi connectivity index (χ1n) is 18.0. The average Bonchev–Trinajstić information content (AvgIpc) is 3.67. The van der Waals surface area contributed by atoms with Crippen molar-refractivity contribution < 1.29 is 48.3 Å². The van der Waals surface area contributed by atoms with Gasteiger partial charge in [-0.05, 0) is 30.4 Å². The maximum atomic E-state index is 12.0. The number of carbonyl (C=O) groups excluding carboxylic acids is 1. The molecule has 0 radical (unpaired) electrons. The molecule has 1 amide bonds. The molecule has 1 unspecified atom stereocenters. The molecule has 3 atom stereocenters. The molecule has 4 aliphatic heterocycles. The van der Waals surface area contributed by atoms with E-state index < -0.39 is 11.7 Å². The second-order valence-electron chi connectivity index (χ2n) is 14.2. The number of piperidine rings is 3. The molecule has 270 valence electrons. The van der Waals surface area contributed by atoms with Crippen LogP contribution in [-0.4, -0.2) is 118 Å². The third-order valence-electron chi connectivity index (χ3n) is 11.0. The van der Waals surface area contributed by atoms with E-state index in [-0.39, 0.29) is 43.6 Å². The number of quaternary nitrogens is 1. The number of nitrogens with zero attached hydrogens (tertiary/aromatic N) is 1. The number of carbonyl (C=O) groups is 1. The van der Waals surface area contributed by atoms with E-state index in [0.29, 0.717) is 62.5 Å². The largest absolute Gasteiger partial charge is 0.508 e. The van der Waals surface area contributed by atoms with E-state index in [9.17, 15) is 20.1 Å². The van der Waals surface area contributed by atoms with Crippen LogP contribution in [0.15, 0.2) is 42.5 Å². The first kappa shape index (κ1) is 36.0. The molecule has 12 nitrogen and oxygen atoms in total. The van der Waals surface area contributed by atoms with Crippen molar-refractivity contribution in [1.29, 1.82) is 0 Å². The minimum absolute atomic E-state index is 0.0623.